The van der Waals surface area contributed by atoms with Crippen molar-refractivity contribution < 1.29 is 0 Å². The van der Waals surface area contributed by atoms with Crippen molar-refractivity contribution in [2.24, 2.45) is 5.92 Å². The van der Waals surface area contributed by atoms with Crippen LogP contribution < -0.4 is 4.90 Å². The van der Waals surface area contributed by atoms with E-state index < -0.39 is 0 Å². The van der Waals surface area contributed by atoms with Crippen molar-refractivity contribution in [3.8, 4) is 11.1 Å². The molecule has 1 aliphatic heterocycles. The summed E-state index contributed by atoms with van der Waals surface area (Å²) in [6.07, 6.45) is 4.16. The first-order chi connectivity index (χ1) is 11.4. The van der Waals surface area contributed by atoms with Crippen LogP contribution in [0.5, 0.6) is 0 Å². The fourth-order valence-corrected chi connectivity index (χ4v) is 4.79. The number of alkyl halides is 1. The van der Waals surface area contributed by atoms with Gasteiger partial charge in [0.25, 0.3) is 0 Å². The predicted molar refractivity (Wildman–Crippen MR) is 102 cm³/mol. The highest BCUT2D eigenvalue weighted by Crippen LogP contribution is 2.38. The second-order valence-electron chi connectivity index (χ2n) is 5.98. The van der Waals surface area contributed by atoms with Gasteiger partial charge in [-0.15, -0.1) is 11.3 Å². The highest BCUT2D eigenvalue weighted by atomic mass is 79.9. The summed E-state index contributed by atoms with van der Waals surface area (Å²) in [5, 5.41) is 4.53. The SMILES string of the molecule is BrCC1CCN(c2ncnc3scc(-c4ccccc4)c23)CC1. The molecule has 1 fully saturated rings. The minimum absolute atomic E-state index is 0.791. The minimum Gasteiger partial charge on any atom is -0.356 e. The van der Waals surface area contributed by atoms with Crippen molar-refractivity contribution in [3.05, 3.63) is 42.0 Å². The molecule has 1 saturated heterocycles. The third-order valence-corrected chi connectivity index (χ3v) is 6.37. The third kappa shape index (κ3) is 2.88. The number of hydrogen-bond donors (Lipinski definition) is 0. The van der Waals surface area contributed by atoms with Crippen molar-refractivity contribution in [3.63, 3.8) is 0 Å². The molecular formula is C18H18BrN3S. The van der Waals surface area contributed by atoms with E-state index in [1.807, 2.05) is 0 Å². The van der Waals surface area contributed by atoms with Crippen LogP contribution in [0.2, 0.25) is 0 Å². The topological polar surface area (TPSA) is 29.0 Å². The van der Waals surface area contributed by atoms with Crippen LogP contribution in [0.25, 0.3) is 21.3 Å². The summed E-state index contributed by atoms with van der Waals surface area (Å²) in [4.78, 5) is 12.6. The minimum atomic E-state index is 0.791. The highest BCUT2D eigenvalue weighted by Gasteiger charge is 2.23. The smallest absolute Gasteiger partial charge is 0.141 e. The van der Waals surface area contributed by atoms with Crippen molar-refractivity contribution in [2.45, 2.75) is 12.8 Å². The van der Waals surface area contributed by atoms with Crippen molar-refractivity contribution in [1.82, 2.24) is 9.97 Å². The Labute approximate surface area is 148 Å². The molecule has 3 heterocycles. The third-order valence-electron chi connectivity index (χ3n) is 4.57. The zero-order valence-electron chi connectivity index (χ0n) is 12.8. The van der Waals surface area contributed by atoms with Crippen LogP contribution in [0, 0.1) is 5.92 Å². The summed E-state index contributed by atoms with van der Waals surface area (Å²) < 4.78 is 0. The number of halogens is 1. The Morgan fingerprint density at radius 3 is 2.65 bits per heavy atom. The molecule has 3 aromatic rings. The van der Waals surface area contributed by atoms with Gasteiger partial charge in [0, 0.05) is 29.4 Å². The molecular weight excluding hydrogens is 370 g/mol. The highest BCUT2D eigenvalue weighted by molar-refractivity contribution is 9.09. The van der Waals surface area contributed by atoms with Gasteiger partial charge in [-0.2, -0.15) is 0 Å². The Hall–Kier alpha value is -1.46. The molecule has 4 rings (SSSR count). The maximum atomic E-state index is 4.65. The summed E-state index contributed by atoms with van der Waals surface area (Å²) in [6.45, 7) is 2.15. The maximum Gasteiger partial charge on any atom is 0.141 e. The van der Waals surface area contributed by atoms with E-state index >= 15 is 0 Å². The molecule has 5 heteroatoms. The van der Waals surface area contributed by atoms with Gasteiger partial charge < -0.3 is 4.90 Å². The number of benzene rings is 1. The lowest BCUT2D eigenvalue weighted by Crippen LogP contribution is -2.34. The van der Waals surface area contributed by atoms with Crippen LogP contribution in [0.4, 0.5) is 5.82 Å². The average molecular weight is 388 g/mol. The van der Waals surface area contributed by atoms with E-state index in [1.54, 1.807) is 17.7 Å². The number of piperidine rings is 1. The molecule has 0 amide bonds. The number of nitrogens with zero attached hydrogens (tertiary/aromatic N) is 3. The molecule has 0 atom stereocenters. The van der Waals surface area contributed by atoms with Crippen LogP contribution >= 0.6 is 27.3 Å². The lowest BCUT2D eigenvalue weighted by molar-refractivity contribution is 0.446. The molecule has 0 spiro atoms. The van der Waals surface area contributed by atoms with Gasteiger partial charge in [0.1, 0.15) is 17.0 Å². The second kappa shape index (κ2) is 6.57. The van der Waals surface area contributed by atoms with Gasteiger partial charge in [-0.3, -0.25) is 0 Å². The Balaban J connectivity index is 1.77. The summed E-state index contributed by atoms with van der Waals surface area (Å²) in [5.41, 5.74) is 2.49. The van der Waals surface area contributed by atoms with Gasteiger partial charge in [-0.25, -0.2) is 9.97 Å². The van der Waals surface area contributed by atoms with Gasteiger partial charge in [-0.05, 0) is 24.3 Å². The number of thiophene rings is 1. The number of fused-ring (bicyclic) bond motifs is 1. The monoisotopic (exact) mass is 387 g/mol. The second-order valence-corrected chi connectivity index (χ2v) is 7.48. The molecule has 0 bridgehead atoms. The van der Waals surface area contributed by atoms with Gasteiger partial charge >= 0.3 is 0 Å². The number of aromatic nitrogens is 2. The van der Waals surface area contributed by atoms with E-state index in [9.17, 15) is 0 Å². The summed E-state index contributed by atoms with van der Waals surface area (Å²) in [5.74, 6) is 1.89. The molecule has 23 heavy (non-hydrogen) atoms. The lowest BCUT2D eigenvalue weighted by Gasteiger charge is -2.32. The fourth-order valence-electron chi connectivity index (χ4n) is 3.23. The standard InChI is InChI=1S/C18H18BrN3S/c19-10-13-6-8-22(9-7-13)17-16-15(14-4-2-1-3-5-14)11-23-18(16)21-12-20-17/h1-5,11-13H,6-10H2. The zero-order valence-corrected chi connectivity index (χ0v) is 15.2. The molecule has 3 nitrogen and oxygen atoms in total. The molecule has 118 valence electrons. The van der Waals surface area contributed by atoms with Crippen LogP contribution in [0.15, 0.2) is 42.0 Å². The summed E-state index contributed by atoms with van der Waals surface area (Å²) in [6, 6.07) is 10.6. The quantitative estimate of drug-likeness (QED) is 0.594. The van der Waals surface area contributed by atoms with Crippen LogP contribution in [0.3, 0.4) is 0 Å². The summed E-state index contributed by atoms with van der Waals surface area (Å²) in [7, 11) is 0. The first kappa shape index (κ1) is 15.1. The van der Waals surface area contributed by atoms with Crippen LogP contribution in [-0.4, -0.2) is 28.4 Å². The molecule has 0 aliphatic carbocycles. The fraction of sp³-hybridized carbons (Fsp3) is 0.333. The Kier molecular flexibility index (Phi) is 4.31. The lowest BCUT2D eigenvalue weighted by atomic mass is 9.98. The first-order valence-corrected chi connectivity index (χ1v) is 9.95. The van der Waals surface area contributed by atoms with Gasteiger partial charge in [0.05, 0.1) is 5.39 Å². The molecule has 1 aliphatic rings. The van der Waals surface area contributed by atoms with Crippen molar-refractivity contribution in [2.75, 3.05) is 23.3 Å². The van der Waals surface area contributed by atoms with Gasteiger partial charge in [-0.1, -0.05) is 46.3 Å². The Morgan fingerprint density at radius 1 is 1.13 bits per heavy atom. The van der Waals surface area contributed by atoms with E-state index in [-0.39, 0.29) is 0 Å². The molecule has 2 aromatic heterocycles. The Morgan fingerprint density at radius 2 is 1.91 bits per heavy atom. The van der Waals surface area contributed by atoms with Gasteiger partial charge in [0.2, 0.25) is 0 Å². The molecule has 0 saturated carbocycles. The zero-order chi connectivity index (χ0) is 15.6. The van der Waals surface area contributed by atoms with E-state index in [1.165, 1.54) is 29.4 Å². The van der Waals surface area contributed by atoms with Gasteiger partial charge in [0.15, 0.2) is 0 Å². The normalized spacial score (nSPS) is 16.1. The van der Waals surface area contributed by atoms with Crippen molar-refractivity contribution in [1.29, 1.82) is 0 Å². The summed E-state index contributed by atoms with van der Waals surface area (Å²) >= 11 is 5.33. The van der Waals surface area contributed by atoms with Crippen molar-refractivity contribution >= 4 is 43.3 Å². The van der Waals surface area contributed by atoms with E-state index in [2.05, 4.69) is 66.5 Å². The largest absolute Gasteiger partial charge is 0.356 e. The van der Waals surface area contributed by atoms with Crippen LogP contribution in [-0.2, 0) is 0 Å². The predicted octanol–water partition coefficient (Wildman–Crippen LogP) is 4.97. The van der Waals surface area contributed by atoms with E-state index in [0.717, 1.165) is 35.0 Å². The maximum absolute atomic E-state index is 4.65. The molecule has 0 N–H and O–H groups in total. The number of rotatable bonds is 3. The molecule has 0 unspecified atom stereocenters. The van der Waals surface area contributed by atoms with E-state index in [4.69, 9.17) is 0 Å². The molecule has 1 aromatic carbocycles. The first-order valence-electron chi connectivity index (χ1n) is 7.95. The average Bonchev–Trinajstić information content (AvgIpc) is 3.07. The van der Waals surface area contributed by atoms with E-state index in [0.29, 0.717) is 0 Å². The number of hydrogen-bond acceptors (Lipinski definition) is 4. The molecule has 0 radical (unpaired) electrons. The number of anilines is 1. The van der Waals surface area contributed by atoms with Crippen LogP contribution in [0.1, 0.15) is 12.8 Å². The Bertz CT molecular complexity index is 794.